The van der Waals surface area contributed by atoms with Crippen molar-refractivity contribution in [3.8, 4) is 27.9 Å². The van der Waals surface area contributed by atoms with Crippen LogP contribution in [-0.4, -0.2) is 4.57 Å². The molecule has 0 aliphatic heterocycles. The highest BCUT2D eigenvalue weighted by Gasteiger charge is 2.16. The van der Waals surface area contributed by atoms with Crippen molar-refractivity contribution in [3.05, 3.63) is 139 Å². The first kappa shape index (κ1) is 22.9. The molecule has 0 radical (unpaired) electrons. The lowest BCUT2D eigenvalue weighted by Gasteiger charge is -2.09. The molecular weight excluding hydrogens is 486 g/mol. The molecule has 0 N–H and O–H groups in total. The van der Waals surface area contributed by atoms with Crippen LogP contribution in [0.5, 0.6) is 0 Å². The first-order valence-corrected chi connectivity index (χ1v) is 13.8. The molecule has 6 aromatic carbocycles. The minimum atomic E-state index is 0.909. The van der Waals surface area contributed by atoms with Gasteiger partial charge in [0, 0.05) is 32.8 Å². The quantitative estimate of drug-likeness (QED) is 0.230. The van der Waals surface area contributed by atoms with Crippen LogP contribution in [0, 0.1) is 13.8 Å². The molecule has 40 heavy (non-hydrogen) atoms. The fourth-order valence-electron chi connectivity index (χ4n) is 6.11. The van der Waals surface area contributed by atoms with Gasteiger partial charge < -0.3 is 8.98 Å². The standard InChI is InChI=1S/C38H27NO/c1-24-11-14-26(15-12-24)30-9-6-10-33-32-19-17-28(23-37(32)40-38(30)33)27-16-18-31-34-21-25(2)13-20-35(34)39(36(31)22-27)29-7-4-3-5-8-29/h3-23H,1-2H3. The Morgan fingerprint density at radius 1 is 0.475 bits per heavy atom. The van der Waals surface area contributed by atoms with Crippen LogP contribution in [0.3, 0.4) is 0 Å². The van der Waals surface area contributed by atoms with E-state index in [1.165, 1.54) is 49.7 Å². The summed E-state index contributed by atoms with van der Waals surface area (Å²) in [7, 11) is 0. The summed E-state index contributed by atoms with van der Waals surface area (Å²) in [6.45, 7) is 4.27. The first-order chi connectivity index (χ1) is 19.6. The van der Waals surface area contributed by atoms with Gasteiger partial charge in [-0.05, 0) is 73.0 Å². The normalized spacial score (nSPS) is 11.8. The van der Waals surface area contributed by atoms with Gasteiger partial charge >= 0.3 is 0 Å². The molecule has 0 aliphatic rings. The molecule has 2 heterocycles. The largest absolute Gasteiger partial charge is 0.455 e. The van der Waals surface area contributed by atoms with Gasteiger partial charge in [-0.15, -0.1) is 0 Å². The predicted octanol–water partition coefficient (Wildman–Crippen LogP) is 10.6. The van der Waals surface area contributed by atoms with Crippen molar-refractivity contribution in [3.63, 3.8) is 0 Å². The Kier molecular flexibility index (Phi) is 4.99. The molecule has 8 rings (SSSR count). The highest BCUT2D eigenvalue weighted by molar-refractivity contribution is 6.12. The third-order valence-electron chi connectivity index (χ3n) is 8.13. The van der Waals surface area contributed by atoms with Crippen LogP contribution in [-0.2, 0) is 0 Å². The van der Waals surface area contributed by atoms with Gasteiger partial charge in [0.25, 0.3) is 0 Å². The van der Waals surface area contributed by atoms with Crippen molar-refractivity contribution >= 4 is 43.7 Å². The van der Waals surface area contributed by atoms with E-state index >= 15 is 0 Å². The van der Waals surface area contributed by atoms with E-state index in [0.29, 0.717) is 0 Å². The SMILES string of the molecule is Cc1ccc(-c2cccc3c2oc2cc(-c4ccc5c6cc(C)ccc6n(-c6ccccc6)c5c4)ccc23)cc1. The maximum atomic E-state index is 6.57. The molecule has 0 aliphatic carbocycles. The summed E-state index contributed by atoms with van der Waals surface area (Å²) in [4.78, 5) is 0. The first-order valence-electron chi connectivity index (χ1n) is 13.8. The van der Waals surface area contributed by atoms with Crippen molar-refractivity contribution in [1.82, 2.24) is 4.57 Å². The van der Waals surface area contributed by atoms with Gasteiger partial charge in [0.15, 0.2) is 0 Å². The number of para-hydroxylation sites is 2. The fourth-order valence-corrected chi connectivity index (χ4v) is 6.11. The average Bonchev–Trinajstić information content (AvgIpc) is 3.52. The van der Waals surface area contributed by atoms with E-state index in [9.17, 15) is 0 Å². The van der Waals surface area contributed by atoms with Crippen molar-refractivity contribution < 1.29 is 4.42 Å². The number of furan rings is 1. The van der Waals surface area contributed by atoms with Gasteiger partial charge in [0.1, 0.15) is 11.2 Å². The van der Waals surface area contributed by atoms with Crippen LogP contribution in [0.2, 0.25) is 0 Å². The topological polar surface area (TPSA) is 18.1 Å². The molecule has 2 nitrogen and oxygen atoms in total. The molecule has 0 saturated carbocycles. The van der Waals surface area contributed by atoms with Gasteiger partial charge in [-0.3, -0.25) is 0 Å². The van der Waals surface area contributed by atoms with E-state index in [-0.39, 0.29) is 0 Å². The summed E-state index contributed by atoms with van der Waals surface area (Å²) in [6, 6.07) is 45.9. The fraction of sp³-hybridized carbons (Fsp3) is 0.0526. The summed E-state index contributed by atoms with van der Waals surface area (Å²) in [5.74, 6) is 0. The molecule has 190 valence electrons. The minimum Gasteiger partial charge on any atom is -0.455 e. The monoisotopic (exact) mass is 513 g/mol. The molecular formula is C38H27NO. The van der Waals surface area contributed by atoms with E-state index in [4.69, 9.17) is 4.42 Å². The summed E-state index contributed by atoms with van der Waals surface area (Å²) < 4.78 is 8.94. The molecule has 8 aromatic rings. The number of nitrogens with zero attached hydrogens (tertiary/aromatic N) is 1. The second-order valence-electron chi connectivity index (χ2n) is 10.8. The zero-order chi connectivity index (χ0) is 26.8. The molecule has 0 amide bonds. The highest BCUT2D eigenvalue weighted by atomic mass is 16.3. The van der Waals surface area contributed by atoms with E-state index in [0.717, 1.165) is 33.1 Å². The van der Waals surface area contributed by atoms with E-state index in [2.05, 4.69) is 146 Å². The number of rotatable bonds is 3. The van der Waals surface area contributed by atoms with Crippen LogP contribution >= 0.6 is 0 Å². The average molecular weight is 514 g/mol. The van der Waals surface area contributed by atoms with Crippen molar-refractivity contribution in [2.75, 3.05) is 0 Å². The molecule has 2 heteroatoms. The predicted molar refractivity (Wildman–Crippen MR) is 168 cm³/mol. The third-order valence-corrected chi connectivity index (χ3v) is 8.13. The lowest BCUT2D eigenvalue weighted by molar-refractivity contribution is 0.670. The van der Waals surface area contributed by atoms with Gasteiger partial charge in [0.2, 0.25) is 0 Å². The number of aryl methyl sites for hydroxylation is 2. The van der Waals surface area contributed by atoms with Gasteiger partial charge in [-0.25, -0.2) is 0 Å². The van der Waals surface area contributed by atoms with Crippen LogP contribution < -0.4 is 0 Å². The number of aromatic nitrogens is 1. The molecule has 2 aromatic heterocycles. The Morgan fingerprint density at radius 2 is 1.20 bits per heavy atom. The van der Waals surface area contributed by atoms with Crippen LogP contribution in [0.15, 0.2) is 132 Å². The van der Waals surface area contributed by atoms with Crippen LogP contribution in [0.4, 0.5) is 0 Å². The summed E-state index contributed by atoms with van der Waals surface area (Å²) >= 11 is 0. The highest BCUT2D eigenvalue weighted by Crippen LogP contribution is 2.39. The third kappa shape index (κ3) is 3.50. The Hall–Kier alpha value is -5.08. The summed E-state index contributed by atoms with van der Waals surface area (Å²) in [6.07, 6.45) is 0. The summed E-state index contributed by atoms with van der Waals surface area (Å²) in [5, 5.41) is 4.83. The van der Waals surface area contributed by atoms with E-state index < -0.39 is 0 Å². The number of hydrogen-bond donors (Lipinski definition) is 0. The van der Waals surface area contributed by atoms with Gasteiger partial charge in [-0.2, -0.15) is 0 Å². The smallest absolute Gasteiger partial charge is 0.143 e. The zero-order valence-corrected chi connectivity index (χ0v) is 22.5. The van der Waals surface area contributed by atoms with E-state index in [1.54, 1.807) is 0 Å². The number of fused-ring (bicyclic) bond motifs is 6. The second-order valence-corrected chi connectivity index (χ2v) is 10.8. The maximum absolute atomic E-state index is 6.57. The van der Waals surface area contributed by atoms with Gasteiger partial charge in [-0.1, -0.05) is 96.1 Å². The van der Waals surface area contributed by atoms with E-state index in [1.807, 2.05) is 0 Å². The number of hydrogen-bond acceptors (Lipinski definition) is 1. The minimum absolute atomic E-state index is 0.909. The van der Waals surface area contributed by atoms with Crippen molar-refractivity contribution in [1.29, 1.82) is 0 Å². The van der Waals surface area contributed by atoms with Crippen molar-refractivity contribution in [2.24, 2.45) is 0 Å². The number of benzene rings is 6. The summed E-state index contributed by atoms with van der Waals surface area (Å²) in [5.41, 5.74) is 12.6. The molecule has 0 saturated heterocycles. The molecule has 0 unspecified atom stereocenters. The van der Waals surface area contributed by atoms with Crippen LogP contribution in [0.25, 0.3) is 71.7 Å². The van der Waals surface area contributed by atoms with Gasteiger partial charge in [0.05, 0.1) is 11.0 Å². The molecule has 0 bridgehead atoms. The van der Waals surface area contributed by atoms with Crippen LogP contribution in [0.1, 0.15) is 11.1 Å². The molecule has 0 atom stereocenters. The van der Waals surface area contributed by atoms with Crippen molar-refractivity contribution in [2.45, 2.75) is 13.8 Å². The second kappa shape index (κ2) is 8.72. The lowest BCUT2D eigenvalue weighted by atomic mass is 10.00. The molecule has 0 fully saturated rings. The zero-order valence-electron chi connectivity index (χ0n) is 22.5. The Labute approximate surface area is 232 Å². The Morgan fingerprint density at radius 3 is 2.02 bits per heavy atom. The Bertz CT molecular complexity index is 2210. The molecule has 0 spiro atoms. The maximum Gasteiger partial charge on any atom is 0.143 e. The lowest BCUT2D eigenvalue weighted by Crippen LogP contribution is -1.93. The Balaban J connectivity index is 1.32.